The molecule has 0 atom stereocenters. The van der Waals surface area contributed by atoms with Crippen LogP contribution in [0.4, 0.5) is 14.5 Å². The number of nitrogens with one attached hydrogen (secondary N) is 1. The Bertz CT molecular complexity index is 667. The lowest BCUT2D eigenvalue weighted by atomic mass is 10.3. The number of hydrogen-bond acceptors (Lipinski definition) is 4. The van der Waals surface area contributed by atoms with Gasteiger partial charge in [0.25, 0.3) is 10.0 Å². The molecule has 0 spiro atoms. The Morgan fingerprint density at radius 1 is 1.28 bits per heavy atom. The van der Waals surface area contributed by atoms with E-state index >= 15 is 0 Å². The minimum Gasteiger partial charge on any atom is -0.273 e. The van der Waals surface area contributed by atoms with E-state index in [1.807, 2.05) is 4.72 Å². The summed E-state index contributed by atoms with van der Waals surface area (Å²) in [4.78, 5) is 3.55. The molecule has 0 bridgehead atoms. The summed E-state index contributed by atoms with van der Waals surface area (Å²) in [7, 11) is -4.10. The summed E-state index contributed by atoms with van der Waals surface area (Å²) < 4.78 is 51.8. The fraction of sp³-hybridized carbons (Fsp3) is 0. The maximum absolute atomic E-state index is 13.3. The quantitative estimate of drug-likeness (QED) is 0.948. The van der Waals surface area contributed by atoms with Crippen molar-refractivity contribution < 1.29 is 17.2 Å². The van der Waals surface area contributed by atoms with Gasteiger partial charge in [0.1, 0.15) is 17.3 Å². The van der Waals surface area contributed by atoms with Gasteiger partial charge in [-0.05, 0) is 12.1 Å². The largest absolute Gasteiger partial charge is 0.273 e. The molecule has 2 rings (SSSR count). The first-order valence-corrected chi connectivity index (χ1v) is 7.16. The maximum Gasteiger partial charge on any atom is 0.273 e. The van der Waals surface area contributed by atoms with Crippen LogP contribution in [0.3, 0.4) is 0 Å². The number of hydrogen-bond donors (Lipinski definition) is 1. The van der Waals surface area contributed by atoms with Crippen LogP contribution in [0, 0.1) is 11.6 Å². The van der Waals surface area contributed by atoms with Gasteiger partial charge in [-0.25, -0.2) is 22.2 Å². The van der Waals surface area contributed by atoms with E-state index in [0.29, 0.717) is 11.3 Å². The molecule has 0 unspecified atom stereocenters. The maximum atomic E-state index is 13.3. The van der Waals surface area contributed by atoms with Crippen molar-refractivity contribution in [3.05, 3.63) is 40.5 Å². The Balaban J connectivity index is 2.40. The van der Waals surface area contributed by atoms with Crippen LogP contribution in [0.2, 0.25) is 4.47 Å². The molecular formula is C9H5ClF2N2O2S2. The molecule has 2 aromatic rings. The molecule has 0 radical (unpaired) electrons. The molecule has 0 aliphatic rings. The summed E-state index contributed by atoms with van der Waals surface area (Å²) >= 11 is 6.18. The third-order valence-electron chi connectivity index (χ3n) is 1.92. The van der Waals surface area contributed by atoms with Crippen molar-refractivity contribution in [1.29, 1.82) is 0 Å². The summed E-state index contributed by atoms with van der Waals surface area (Å²) in [6.45, 7) is 0. The Hall–Kier alpha value is -1.25. The van der Waals surface area contributed by atoms with Gasteiger partial charge < -0.3 is 0 Å². The van der Waals surface area contributed by atoms with E-state index in [-0.39, 0.29) is 8.68 Å². The number of halogens is 3. The van der Waals surface area contributed by atoms with Crippen LogP contribution < -0.4 is 4.72 Å². The highest BCUT2D eigenvalue weighted by molar-refractivity contribution is 7.94. The van der Waals surface area contributed by atoms with E-state index in [1.165, 1.54) is 0 Å². The second kappa shape index (κ2) is 4.79. The summed E-state index contributed by atoms with van der Waals surface area (Å²) in [6.07, 6.45) is 1.01. The summed E-state index contributed by atoms with van der Waals surface area (Å²) in [5.41, 5.74) is -0.734. The molecule has 0 aliphatic carbocycles. The van der Waals surface area contributed by atoms with Gasteiger partial charge in [-0.1, -0.05) is 29.0 Å². The summed E-state index contributed by atoms with van der Waals surface area (Å²) in [5, 5.41) is 0. The van der Waals surface area contributed by atoms with Gasteiger partial charge in [-0.2, -0.15) is 0 Å². The van der Waals surface area contributed by atoms with Crippen molar-refractivity contribution >= 4 is 38.6 Å². The highest BCUT2D eigenvalue weighted by Gasteiger charge is 2.21. The molecule has 1 aromatic carbocycles. The average molecular weight is 311 g/mol. The van der Waals surface area contributed by atoms with E-state index in [1.54, 1.807) is 0 Å². The number of para-hydroxylation sites is 1. The molecule has 0 saturated heterocycles. The van der Waals surface area contributed by atoms with Crippen LogP contribution >= 0.6 is 22.9 Å². The summed E-state index contributed by atoms with van der Waals surface area (Å²) in [5.74, 6) is -2.01. The number of anilines is 1. The highest BCUT2D eigenvalue weighted by Crippen LogP contribution is 2.26. The lowest BCUT2D eigenvalue weighted by Gasteiger charge is -2.07. The third-order valence-corrected chi connectivity index (χ3v) is 4.85. The fourth-order valence-corrected chi connectivity index (χ4v) is 3.51. The third kappa shape index (κ3) is 2.60. The zero-order valence-corrected chi connectivity index (χ0v) is 10.9. The zero-order chi connectivity index (χ0) is 13.3. The molecule has 0 fully saturated rings. The van der Waals surface area contributed by atoms with Crippen molar-refractivity contribution in [2.75, 3.05) is 4.72 Å². The van der Waals surface area contributed by atoms with Crippen molar-refractivity contribution in [1.82, 2.24) is 4.98 Å². The second-order valence-electron chi connectivity index (χ2n) is 3.13. The minimum absolute atomic E-state index is 0.0179. The number of thiazole rings is 1. The number of rotatable bonds is 3. The molecular weight excluding hydrogens is 306 g/mol. The fourth-order valence-electron chi connectivity index (χ4n) is 1.14. The van der Waals surface area contributed by atoms with Crippen LogP contribution in [-0.2, 0) is 10.0 Å². The van der Waals surface area contributed by atoms with E-state index < -0.39 is 27.3 Å². The predicted octanol–water partition coefficient (Wildman–Crippen LogP) is 2.88. The Kier molecular flexibility index (Phi) is 3.51. The first-order chi connectivity index (χ1) is 8.40. The number of sulfonamides is 1. The molecule has 9 heteroatoms. The van der Waals surface area contributed by atoms with Gasteiger partial charge in [0.15, 0.2) is 8.68 Å². The molecule has 0 saturated carbocycles. The number of aromatic nitrogens is 1. The lowest BCUT2D eigenvalue weighted by molar-refractivity contribution is 0.583. The Morgan fingerprint density at radius 3 is 2.39 bits per heavy atom. The SMILES string of the molecule is O=S(=O)(Nc1c(F)cccc1F)c1cnc(Cl)s1. The van der Waals surface area contributed by atoms with Crippen LogP contribution in [0.25, 0.3) is 0 Å². The highest BCUT2D eigenvalue weighted by atomic mass is 35.5. The van der Waals surface area contributed by atoms with Crippen LogP contribution in [0.5, 0.6) is 0 Å². The smallest absolute Gasteiger partial charge is 0.273 e. The number of nitrogens with zero attached hydrogens (tertiary/aromatic N) is 1. The predicted molar refractivity (Wildman–Crippen MR) is 64.3 cm³/mol. The van der Waals surface area contributed by atoms with Gasteiger partial charge >= 0.3 is 0 Å². The Labute approximate surface area is 110 Å². The van der Waals surface area contributed by atoms with Gasteiger partial charge in [0, 0.05) is 0 Å². The molecule has 96 valence electrons. The molecule has 0 aliphatic heterocycles. The Morgan fingerprint density at radius 2 is 1.89 bits per heavy atom. The standard InChI is InChI=1S/C9H5ClF2N2O2S2/c10-9-13-4-7(17-9)18(15,16)14-8-5(11)2-1-3-6(8)12/h1-4,14H. The van der Waals surface area contributed by atoms with E-state index in [9.17, 15) is 17.2 Å². The molecule has 1 heterocycles. The van der Waals surface area contributed by atoms with Gasteiger partial charge in [-0.15, -0.1) is 0 Å². The van der Waals surface area contributed by atoms with Crippen LogP contribution in [0.15, 0.2) is 28.6 Å². The van der Waals surface area contributed by atoms with Crippen LogP contribution in [0.1, 0.15) is 0 Å². The van der Waals surface area contributed by atoms with E-state index in [0.717, 1.165) is 24.4 Å². The normalized spacial score (nSPS) is 11.5. The minimum atomic E-state index is -4.10. The van der Waals surface area contributed by atoms with Crippen molar-refractivity contribution in [2.45, 2.75) is 4.21 Å². The monoisotopic (exact) mass is 310 g/mol. The van der Waals surface area contributed by atoms with Gasteiger partial charge in [0.2, 0.25) is 0 Å². The molecule has 1 N–H and O–H groups in total. The molecule has 0 amide bonds. The van der Waals surface area contributed by atoms with Gasteiger partial charge in [0.05, 0.1) is 6.20 Å². The zero-order valence-electron chi connectivity index (χ0n) is 8.52. The first-order valence-electron chi connectivity index (χ1n) is 4.48. The van der Waals surface area contributed by atoms with Crippen LogP contribution in [-0.4, -0.2) is 13.4 Å². The van der Waals surface area contributed by atoms with Crippen molar-refractivity contribution in [3.63, 3.8) is 0 Å². The first kappa shape index (κ1) is 13.2. The van der Waals surface area contributed by atoms with Gasteiger partial charge in [-0.3, -0.25) is 4.72 Å². The number of benzene rings is 1. The van der Waals surface area contributed by atoms with Crippen molar-refractivity contribution in [2.24, 2.45) is 0 Å². The lowest BCUT2D eigenvalue weighted by Crippen LogP contribution is -2.13. The van der Waals surface area contributed by atoms with E-state index in [2.05, 4.69) is 4.98 Å². The second-order valence-corrected chi connectivity index (χ2v) is 6.66. The van der Waals surface area contributed by atoms with Crippen molar-refractivity contribution in [3.8, 4) is 0 Å². The van der Waals surface area contributed by atoms with E-state index in [4.69, 9.17) is 11.6 Å². The molecule has 18 heavy (non-hydrogen) atoms. The topological polar surface area (TPSA) is 59.1 Å². The summed E-state index contributed by atoms with van der Waals surface area (Å²) in [6, 6.07) is 3.02. The molecule has 1 aromatic heterocycles. The average Bonchev–Trinajstić information content (AvgIpc) is 2.71. The molecule has 4 nitrogen and oxygen atoms in total.